The maximum atomic E-state index is 12.3. The highest BCUT2D eigenvalue weighted by Gasteiger charge is 2.24. The van der Waals surface area contributed by atoms with Gasteiger partial charge in [-0.2, -0.15) is 4.31 Å². The summed E-state index contributed by atoms with van der Waals surface area (Å²) in [5.74, 6) is 0.355. The average molecular weight is 468 g/mol. The molecule has 0 radical (unpaired) electrons. The number of anilines is 2. The van der Waals surface area contributed by atoms with Crippen molar-refractivity contribution in [3.05, 3.63) is 53.0 Å². The molecule has 0 aliphatic carbocycles. The van der Waals surface area contributed by atoms with Crippen molar-refractivity contribution in [2.45, 2.75) is 0 Å². The van der Waals surface area contributed by atoms with E-state index in [1.54, 1.807) is 12.1 Å². The van der Waals surface area contributed by atoms with Crippen LogP contribution in [0, 0.1) is 0 Å². The lowest BCUT2D eigenvalue weighted by molar-refractivity contribution is -0.118. The maximum Gasteiger partial charge on any atom is 0.262 e. The number of nitrogens with zero attached hydrogens (tertiary/aromatic N) is 2. The zero-order valence-electron chi connectivity index (χ0n) is 15.5. The first-order valence-corrected chi connectivity index (χ1v) is 11.4. The van der Waals surface area contributed by atoms with E-state index in [0.717, 1.165) is 10.2 Å². The predicted molar refractivity (Wildman–Crippen MR) is 113 cm³/mol. The Bertz CT molecular complexity index is 926. The Kier molecular flexibility index (Phi) is 6.58. The van der Waals surface area contributed by atoms with Gasteiger partial charge in [0.2, 0.25) is 10.0 Å². The number of halogens is 1. The highest BCUT2D eigenvalue weighted by atomic mass is 79.9. The van der Waals surface area contributed by atoms with E-state index in [9.17, 15) is 13.2 Å². The van der Waals surface area contributed by atoms with Crippen molar-refractivity contribution >= 4 is 43.2 Å². The Labute approximate surface area is 173 Å². The van der Waals surface area contributed by atoms with Crippen molar-refractivity contribution < 1.29 is 17.9 Å². The molecule has 0 saturated carbocycles. The van der Waals surface area contributed by atoms with Crippen LogP contribution in [0.5, 0.6) is 5.75 Å². The van der Waals surface area contributed by atoms with E-state index in [-0.39, 0.29) is 12.5 Å². The van der Waals surface area contributed by atoms with Crippen LogP contribution in [-0.4, -0.2) is 57.7 Å². The van der Waals surface area contributed by atoms with Gasteiger partial charge < -0.3 is 15.0 Å². The van der Waals surface area contributed by atoms with Gasteiger partial charge in [0.15, 0.2) is 6.61 Å². The first-order chi connectivity index (χ1) is 13.3. The van der Waals surface area contributed by atoms with Gasteiger partial charge in [-0.25, -0.2) is 8.42 Å². The molecule has 150 valence electrons. The molecule has 28 heavy (non-hydrogen) atoms. The molecule has 1 fully saturated rings. The number of amides is 1. The number of hydrogen-bond acceptors (Lipinski definition) is 5. The van der Waals surface area contributed by atoms with Gasteiger partial charge in [0.05, 0.1) is 17.6 Å². The third kappa shape index (κ3) is 5.46. The van der Waals surface area contributed by atoms with Crippen molar-refractivity contribution in [3.63, 3.8) is 0 Å². The third-order valence-electron chi connectivity index (χ3n) is 4.41. The number of hydrogen-bond donors (Lipinski definition) is 1. The van der Waals surface area contributed by atoms with E-state index in [0.29, 0.717) is 37.6 Å². The standard InChI is InChI=1S/C19H22BrN3O4S/c1-28(25,26)23-12-10-22(11-13-23)18-5-3-2-4-17(18)21-19(24)14-27-16-8-6-15(20)7-9-16/h2-9H,10-14H2,1H3,(H,21,24). The molecule has 1 amide bonds. The molecule has 1 aliphatic rings. The Morgan fingerprint density at radius 3 is 2.36 bits per heavy atom. The molecule has 0 bridgehead atoms. The molecule has 0 atom stereocenters. The van der Waals surface area contributed by atoms with E-state index in [1.807, 2.05) is 36.4 Å². The summed E-state index contributed by atoms with van der Waals surface area (Å²) in [6, 6.07) is 14.8. The number of benzene rings is 2. The SMILES string of the molecule is CS(=O)(=O)N1CCN(c2ccccc2NC(=O)COc2ccc(Br)cc2)CC1. The Balaban J connectivity index is 1.61. The summed E-state index contributed by atoms with van der Waals surface area (Å²) in [6.07, 6.45) is 1.22. The maximum absolute atomic E-state index is 12.3. The summed E-state index contributed by atoms with van der Waals surface area (Å²) in [4.78, 5) is 14.4. The van der Waals surface area contributed by atoms with Crippen LogP contribution in [0.4, 0.5) is 11.4 Å². The topological polar surface area (TPSA) is 79.0 Å². The van der Waals surface area contributed by atoms with E-state index >= 15 is 0 Å². The van der Waals surface area contributed by atoms with Gasteiger partial charge in [0.1, 0.15) is 5.75 Å². The number of piperazine rings is 1. The minimum atomic E-state index is -3.18. The minimum Gasteiger partial charge on any atom is -0.484 e. The lowest BCUT2D eigenvalue weighted by Crippen LogP contribution is -2.48. The quantitative estimate of drug-likeness (QED) is 0.705. The van der Waals surface area contributed by atoms with Crippen LogP contribution in [0.25, 0.3) is 0 Å². The summed E-state index contributed by atoms with van der Waals surface area (Å²) in [5.41, 5.74) is 1.55. The molecule has 3 rings (SSSR count). The molecule has 1 saturated heterocycles. The van der Waals surface area contributed by atoms with Gasteiger partial charge >= 0.3 is 0 Å². The fourth-order valence-corrected chi connectivity index (χ4v) is 4.07. The third-order valence-corrected chi connectivity index (χ3v) is 6.24. The number of rotatable bonds is 6. The fourth-order valence-electron chi connectivity index (χ4n) is 2.98. The zero-order valence-corrected chi connectivity index (χ0v) is 17.9. The van der Waals surface area contributed by atoms with Crippen molar-refractivity contribution in [2.24, 2.45) is 0 Å². The number of para-hydroxylation sites is 2. The molecule has 7 nitrogen and oxygen atoms in total. The average Bonchev–Trinajstić information content (AvgIpc) is 2.67. The molecule has 1 heterocycles. The monoisotopic (exact) mass is 467 g/mol. The van der Waals surface area contributed by atoms with Crippen molar-refractivity contribution in [1.82, 2.24) is 4.31 Å². The normalized spacial score (nSPS) is 15.3. The molecular formula is C19H22BrN3O4S. The molecule has 0 spiro atoms. The Hall–Kier alpha value is -2.10. The van der Waals surface area contributed by atoms with Gasteiger partial charge in [-0.3, -0.25) is 4.79 Å². The fraction of sp³-hybridized carbons (Fsp3) is 0.316. The molecule has 2 aromatic carbocycles. The van der Waals surface area contributed by atoms with Crippen LogP contribution < -0.4 is 15.0 Å². The first-order valence-electron chi connectivity index (χ1n) is 8.80. The smallest absolute Gasteiger partial charge is 0.262 e. The van der Waals surface area contributed by atoms with E-state index < -0.39 is 10.0 Å². The lowest BCUT2D eigenvalue weighted by atomic mass is 10.2. The second-order valence-electron chi connectivity index (χ2n) is 6.46. The number of nitrogens with one attached hydrogen (secondary N) is 1. The summed E-state index contributed by atoms with van der Waals surface area (Å²) < 4.78 is 31.3. The van der Waals surface area contributed by atoms with Gasteiger partial charge in [-0.05, 0) is 36.4 Å². The lowest BCUT2D eigenvalue weighted by Gasteiger charge is -2.35. The second kappa shape index (κ2) is 8.93. The van der Waals surface area contributed by atoms with Crippen molar-refractivity contribution in [3.8, 4) is 5.75 Å². The molecule has 0 aromatic heterocycles. The van der Waals surface area contributed by atoms with E-state index in [2.05, 4.69) is 26.1 Å². The van der Waals surface area contributed by atoms with E-state index in [4.69, 9.17) is 4.74 Å². The van der Waals surface area contributed by atoms with Crippen molar-refractivity contribution in [2.75, 3.05) is 49.3 Å². The number of sulfonamides is 1. The minimum absolute atomic E-state index is 0.0994. The first kappa shape index (κ1) is 20.6. The van der Waals surface area contributed by atoms with Crippen LogP contribution >= 0.6 is 15.9 Å². The van der Waals surface area contributed by atoms with Gasteiger partial charge in [-0.1, -0.05) is 28.1 Å². The largest absolute Gasteiger partial charge is 0.484 e. The van der Waals surface area contributed by atoms with Crippen molar-refractivity contribution in [1.29, 1.82) is 0 Å². The summed E-state index contributed by atoms with van der Waals surface area (Å²) in [5, 5.41) is 2.88. The van der Waals surface area contributed by atoms with Crippen LogP contribution in [0.2, 0.25) is 0 Å². The highest BCUT2D eigenvalue weighted by molar-refractivity contribution is 9.10. The summed E-state index contributed by atoms with van der Waals surface area (Å²) >= 11 is 3.35. The molecular weight excluding hydrogens is 446 g/mol. The molecule has 9 heteroatoms. The van der Waals surface area contributed by atoms with Gasteiger partial charge in [-0.15, -0.1) is 0 Å². The molecule has 1 aliphatic heterocycles. The summed E-state index contributed by atoms with van der Waals surface area (Å²) in [6.45, 7) is 1.88. The highest BCUT2D eigenvalue weighted by Crippen LogP contribution is 2.27. The van der Waals surface area contributed by atoms with Gasteiger partial charge in [0.25, 0.3) is 5.91 Å². The van der Waals surface area contributed by atoms with E-state index in [1.165, 1.54) is 10.6 Å². The second-order valence-corrected chi connectivity index (χ2v) is 9.36. The molecule has 0 unspecified atom stereocenters. The van der Waals surface area contributed by atoms with Gasteiger partial charge in [0, 0.05) is 30.7 Å². The van der Waals surface area contributed by atoms with Crippen LogP contribution in [0.3, 0.4) is 0 Å². The summed E-state index contributed by atoms with van der Waals surface area (Å²) in [7, 11) is -3.18. The zero-order chi connectivity index (χ0) is 20.1. The van der Waals surface area contributed by atoms with Crippen LogP contribution in [-0.2, 0) is 14.8 Å². The number of carbonyl (C=O) groups excluding carboxylic acids is 1. The number of ether oxygens (including phenoxy) is 1. The molecule has 2 aromatic rings. The molecule has 1 N–H and O–H groups in total. The Morgan fingerprint density at radius 2 is 1.71 bits per heavy atom. The Morgan fingerprint density at radius 1 is 1.07 bits per heavy atom. The van der Waals surface area contributed by atoms with Crippen LogP contribution in [0.15, 0.2) is 53.0 Å². The van der Waals surface area contributed by atoms with Crippen LogP contribution in [0.1, 0.15) is 0 Å². The predicted octanol–water partition coefficient (Wildman–Crippen LogP) is 2.55. The number of carbonyl (C=O) groups is 1.